The van der Waals surface area contributed by atoms with Gasteiger partial charge in [0.15, 0.2) is 17.0 Å². The van der Waals surface area contributed by atoms with E-state index in [-0.39, 0.29) is 5.57 Å². The maximum absolute atomic E-state index is 13.8. The lowest BCUT2D eigenvalue weighted by atomic mass is 9.53. The highest BCUT2D eigenvalue weighted by atomic mass is 16.9. The van der Waals surface area contributed by atoms with Gasteiger partial charge >= 0.3 is 11.9 Å². The SMILES string of the molecule is C=C(C)[C@@]12O[C@]3(c4ccccc4)O[C@@H]1[C@@H]1[C@@H]4O[C@@]4(CO)[C@@H](O)[C@@]4(O)C(=O)C(C)=C[C@H]4[C@]1(O3)[C@H](C)[C@H]2OC(=O)/C=C/C=C/CCCCC. The Balaban J connectivity index is 1.39. The minimum absolute atomic E-state index is 0.236. The Kier molecular flexibility index (Phi) is 7.65. The van der Waals surface area contributed by atoms with Crippen molar-refractivity contribution >= 4 is 11.8 Å². The average Bonchev–Trinajstić information content (AvgIpc) is 3.68. The Morgan fingerprint density at radius 1 is 1.11 bits per heavy atom. The fourth-order valence-corrected chi connectivity index (χ4v) is 9.30. The van der Waals surface area contributed by atoms with E-state index < -0.39 is 88.9 Å². The fourth-order valence-electron chi connectivity index (χ4n) is 9.30. The number of allylic oxidation sites excluding steroid dienone is 3. The zero-order chi connectivity index (χ0) is 33.6. The number of ether oxygens (including phenoxy) is 5. The molecule has 1 aromatic carbocycles. The molecule has 3 N–H and O–H groups in total. The van der Waals surface area contributed by atoms with E-state index in [4.69, 9.17) is 23.7 Å². The Morgan fingerprint density at radius 3 is 2.53 bits per heavy atom. The zero-order valence-corrected chi connectivity index (χ0v) is 27.3. The molecule has 1 aromatic rings. The largest absolute Gasteiger partial charge is 0.455 e. The summed E-state index contributed by atoms with van der Waals surface area (Å²) >= 11 is 0. The number of epoxide rings is 1. The Bertz CT molecular complexity index is 1570. The van der Waals surface area contributed by atoms with Gasteiger partial charge < -0.3 is 39.0 Å². The van der Waals surface area contributed by atoms with Gasteiger partial charge in [-0.05, 0) is 37.8 Å². The van der Waals surface area contributed by atoms with Gasteiger partial charge in [-0.15, -0.1) is 0 Å². The monoisotopic (exact) mass is 648 g/mol. The van der Waals surface area contributed by atoms with Crippen molar-refractivity contribution < 1.29 is 48.6 Å². The minimum atomic E-state index is -2.42. The maximum atomic E-state index is 13.8. The van der Waals surface area contributed by atoms with Crippen LogP contribution in [-0.2, 0) is 39.2 Å². The van der Waals surface area contributed by atoms with Crippen molar-refractivity contribution in [3.05, 3.63) is 84.0 Å². The second-order valence-corrected chi connectivity index (χ2v) is 14.1. The van der Waals surface area contributed by atoms with Crippen molar-refractivity contribution in [2.45, 2.75) is 106 Å². The van der Waals surface area contributed by atoms with Crippen molar-refractivity contribution in [2.75, 3.05) is 6.61 Å². The number of aliphatic hydroxyl groups excluding tert-OH is 2. The number of aliphatic hydroxyl groups is 3. The van der Waals surface area contributed by atoms with Crippen LogP contribution < -0.4 is 0 Å². The van der Waals surface area contributed by atoms with E-state index in [0.717, 1.165) is 25.7 Å². The molecule has 10 heteroatoms. The van der Waals surface area contributed by atoms with Gasteiger partial charge in [0.2, 0.25) is 0 Å². The predicted octanol–water partition coefficient (Wildman–Crippen LogP) is 3.55. The van der Waals surface area contributed by atoms with E-state index in [9.17, 15) is 24.9 Å². The standard InChI is InChI=1S/C37H44O10/c1-6-7-8-9-10-11-15-18-26(39)43-29-23(5)36-25-19-22(4)28(40)34(25,42)32(41)33(20-38)30(44-33)27(36)31-35(29,21(2)3)46-37(45-31,47-36)24-16-13-12-14-17-24/h10-19,23,25,27,29-32,38,41-42H,2,6-9,20H2,1,3-5H3/b11-10+,18-15+/t23-,25-,27+,29-,30+,31-,32-,33-,34+,35+,36-,37+/m1/s1. The Hall–Kier alpha value is -2.96. The summed E-state index contributed by atoms with van der Waals surface area (Å²) in [6, 6.07) is 9.04. The smallest absolute Gasteiger partial charge is 0.331 e. The quantitative estimate of drug-likeness (QED) is 0.0861. The van der Waals surface area contributed by atoms with Gasteiger partial charge in [-0.1, -0.05) is 87.9 Å². The third kappa shape index (κ3) is 4.10. The summed E-state index contributed by atoms with van der Waals surface area (Å²) in [7, 11) is 0. The molecule has 252 valence electrons. The van der Waals surface area contributed by atoms with Gasteiger partial charge in [-0.3, -0.25) is 4.79 Å². The number of hydrogen-bond acceptors (Lipinski definition) is 10. The number of esters is 1. The van der Waals surface area contributed by atoms with E-state index >= 15 is 0 Å². The summed E-state index contributed by atoms with van der Waals surface area (Å²) in [5.74, 6) is -5.86. The number of benzene rings is 1. The number of rotatable bonds is 10. The normalized spacial score (nSPS) is 45.8. The van der Waals surface area contributed by atoms with Gasteiger partial charge in [0.05, 0.1) is 12.2 Å². The molecule has 3 heterocycles. The lowest BCUT2D eigenvalue weighted by molar-refractivity contribution is -0.440. The summed E-state index contributed by atoms with van der Waals surface area (Å²) in [6.45, 7) is 11.0. The number of carbonyl (C=O) groups is 2. The van der Waals surface area contributed by atoms with Crippen molar-refractivity contribution in [1.29, 1.82) is 0 Å². The van der Waals surface area contributed by atoms with Crippen LogP contribution in [0.5, 0.6) is 0 Å². The molecule has 7 rings (SSSR count). The van der Waals surface area contributed by atoms with Crippen LogP contribution in [0.3, 0.4) is 0 Å². The van der Waals surface area contributed by atoms with Crippen LogP contribution in [0, 0.1) is 17.8 Å². The Morgan fingerprint density at radius 2 is 1.85 bits per heavy atom. The maximum Gasteiger partial charge on any atom is 0.331 e. The van der Waals surface area contributed by atoms with E-state index in [1.165, 1.54) is 6.08 Å². The van der Waals surface area contributed by atoms with E-state index in [0.29, 0.717) is 11.1 Å². The minimum Gasteiger partial charge on any atom is -0.455 e. The molecule has 5 fully saturated rings. The van der Waals surface area contributed by atoms with Crippen molar-refractivity contribution in [1.82, 2.24) is 0 Å². The third-order valence-electron chi connectivity index (χ3n) is 11.6. The van der Waals surface area contributed by atoms with E-state index in [2.05, 4.69) is 13.5 Å². The Labute approximate surface area is 274 Å². The molecule has 10 nitrogen and oxygen atoms in total. The molecule has 3 bridgehead atoms. The highest BCUT2D eigenvalue weighted by Gasteiger charge is 2.90. The molecule has 47 heavy (non-hydrogen) atoms. The van der Waals surface area contributed by atoms with Crippen LogP contribution >= 0.6 is 0 Å². The summed E-state index contributed by atoms with van der Waals surface area (Å²) in [5.41, 5.74) is -5.84. The molecule has 0 unspecified atom stereocenters. The summed E-state index contributed by atoms with van der Waals surface area (Å²) in [4.78, 5) is 27.4. The zero-order valence-electron chi connectivity index (χ0n) is 27.3. The van der Waals surface area contributed by atoms with Crippen LogP contribution in [0.15, 0.2) is 78.4 Å². The first-order chi connectivity index (χ1) is 22.4. The molecular weight excluding hydrogens is 604 g/mol. The topological polar surface area (TPSA) is 144 Å². The lowest BCUT2D eigenvalue weighted by Gasteiger charge is -2.61. The third-order valence-corrected chi connectivity index (χ3v) is 11.6. The van der Waals surface area contributed by atoms with Crippen LogP contribution in [0.4, 0.5) is 0 Å². The van der Waals surface area contributed by atoms with Crippen LogP contribution in [0.2, 0.25) is 0 Å². The van der Waals surface area contributed by atoms with Crippen LogP contribution in [0.1, 0.15) is 58.9 Å². The number of ketones is 1. The number of Topliss-reactive ketones (excluding diaryl/α,β-unsaturated/α-hetero) is 1. The summed E-state index contributed by atoms with van der Waals surface area (Å²) in [5, 5.41) is 34.9. The molecular formula is C37H44O10. The molecule has 3 saturated heterocycles. The number of unbranched alkanes of at least 4 members (excludes halogenated alkanes) is 3. The van der Waals surface area contributed by atoms with Crippen LogP contribution in [-0.4, -0.2) is 80.5 Å². The molecule has 0 spiro atoms. The molecule has 0 aromatic heterocycles. The highest BCUT2D eigenvalue weighted by molar-refractivity contribution is 6.05. The number of carbonyl (C=O) groups excluding carboxylic acids is 2. The first-order valence-electron chi connectivity index (χ1n) is 16.7. The van der Waals surface area contributed by atoms with E-state index in [1.807, 2.05) is 37.3 Å². The molecule has 3 aliphatic carbocycles. The summed E-state index contributed by atoms with van der Waals surface area (Å²) < 4.78 is 33.3. The van der Waals surface area contributed by atoms with Crippen molar-refractivity contribution in [3.63, 3.8) is 0 Å². The molecule has 6 aliphatic rings. The molecule has 3 aliphatic heterocycles. The molecule has 0 radical (unpaired) electrons. The van der Waals surface area contributed by atoms with Crippen LogP contribution in [0.25, 0.3) is 0 Å². The van der Waals surface area contributed by atoms with Crippen molar-refractivity contribution in [2.24, 2.45) is 17.8 Å². The average molecular weight is 649 g/mol. The molecule has 2 saturated carbocycles. The number of fused-ring (bicyclic) bond motifs is 3. The summed E-state index contributed by atoms with van der Waals surface area (Å²) in [6.07, 6.45) is 7.98. The highest BCUT2D eigenvalue weighted by Crippen LogP contribution is 2.74. The first kappa shape index (κ1) is 32.6. The number of hydrogen-bond donors (Lipinski definition) is 3. The fraction of sp³-hybridized carbons (Fsp3) is 0.568. The second kappa shape index (κ2) is 11.0. The molecule has 0 amide bonds. The molecule has 12 atom stereocenters. The van der Waals surface area contributed by atoms with Gasteiger partial charge in [-0.2, -0.15) is 0 Å². The lowest BCUT2D eigenvalue weighted by Crippen LogP contribution is -2.76. The van der Waals surface area contributed by atoms with Crippen molar-refractivity contribution in [3.8, 4) is 0 Å². The van der Waals surface area contributed by atoms with E-state index in [1.54, 1.807) is 38.1 Å². The predicted molar refractivity (Wildman–Crippen MR) is 168 cm³/mol. The van der Waals surface area contributed by atoms with Gasteiger partial charge in [0.1, 0.15) is 30.0 Å². The van der Waals surface area contributed by atoms with Gasteiger partial charge in [-0.25, -0.2) is 4.79 Å². The second-order valence-electron chi connectivity index (χ2n) is 14.1. The van der Waals surface area contributed by atoms with Gasteiger partial charge in [0.25, 0.3) is 0 Å². The van der Waals surface area contributed by atoms with Gasteiger partial charge in [0, 0.05) is 29.4 Å². The first-order valence-corrected chi connectivity index (χ1v) is 16.7.